The van der Waals surface area contributed by atoms with Crippen LogP contribution in [-0.4, -0.2) is 0 Å². The monoisotopic (exact) mass is 619 g/mol. The van der Waals surface area contributed by atoms with Crippen LogP contribution in [0, 0.1) is 0 Å². The first kappa shape index (κ1) is 31.0. The first-order valence-corrected chi connectivity index (χ1v) is 16.9. The molecular weight excluding hydrogens is 579 g/mol. The van der Waals surface area contributed by atoms with Gasteiger partial charge in [-0.2, -0.15) is 0 Å². The maximum atomic E-state index is 6.35. The van der Waals surface area contributed by atoms with Gasteiger partial charge in [-0.3, -0.25) is 0 Å². The molecule has 48 heavy (non-hydrogen) atoms. The Morgan fingerprint density at radius 3 is 2.21 bits per heavy atom. The average molecular weight is 620 g/mol. The lowest BCUT2D eigenvalue weighted by molar-refractivity contribution is 0.991. The van der Waals surface area contributed by atoms with Crippen molar-refractivity contribution in [3.63, 3.8) is 0 Å². The Balaban J connectivity index is 1.51. The lowest BCUT2D eigenvalue weighted by Crippen LogP contribution is -2.03. The molecule has 6 aromatic carbocycles. The van der Waals surface area contributed by atoms with E-state index in [-0.39, 0.29) is 0 Å². The van der Waals surface area contributed by atoms with Gasteiger partial charge >= 0.3 is 0 Å². The van der Waals surface area contributed by atoms with Crippen LogP contribution in [0.15, 0.2) is 164 Å². The highest BCUT2D eigenvalue weighted by atomic mass is 14.6. The Kier molecular flexibility index (Phi) is 8.53. The van der Waals surface area contributed by atoms with Gasteiger partial charge in [0.05, 0.1) is 0 Å². The summed E-state index contributed by atoms with van der Waals surface area (Å²) in [6, 6.07) is 38.0. The molecule has 0 aliphatic heterocycles. The topological polar surface area (TPSA) is 26.0 Å². The third-order valence-corrected chi connectivity index (χ3v) is 9.71. The highest BCUT2D eigenvalue weighted by molar-refractivity contribution is 6.15. The summed E-state index contributed by atoms with van der Waals surface area (Å²) >= 11 is 0. The fraction of sp³-hybridized carbons (Fsp3) is 0.106. The zero-order valence-electron chi connectivity index (χ0n) is 27.9. The highest BCUT2D eigenvalue weighted by Crippen LogP contribution is 2.47. The summed E-state index contributed by atoms with van der Waals surface area (Å²) in [6.45, 7) is 12.5. The van der Waals surface area contributed by atoms with Gasteiger partial charge in [-0.05, 0) is 127 Å². The van der Waals surface area contributed by atoms with Crippen LogP contribution < -0.4 is 5.73 Å². The van der Waals surface area contributed by atoms with Gasteiger partial charge in [0, 0.05) is 5.70 Å². The Morgan fingerprint density at radius 2 is 1.46 bits per heavy atom. The molecule has 0 unspecified atom stereocenters. The average Bonchev–Trinajstić information content (AvgIpc) is 3.13. The number of hydrogen-bond acceptors (Lipinski definition) is 1. The van der Waals surface area contributed by atoms with Crippen LogP contribution in [-0.2, 0) is 6.42 Å². The molecule has 1 aliphatic carbocycles. The van der Waals surface area contributed by atoms with Crippen molar-refractivity contribution in [1.29, 1.82) is 0 Å². The van der Waals surface area contributed by atoms with Gasteiger partial charge in [0.25, 0.3) is 0 Å². The zero-order chi connectivity index (χ0) is 33.2. The largest absolute Gasteiger partial charge is 0.398 e. The Bertz CT molecular complexity index is 2370. The first-order valence-electron chi connectivity index (χ1n) is 16.9. The summed E-state index contributed by atoms with van der Waals surface area (Å²) in [4.78, 5) is 0. The summed E-state index contributed by atoms with van der Waals surface area (Å²) in [5.74, 6) is 0. The summed E-state index contributed by atoms with van der Waals surface area (Å²) < 4.78 is 0. The predicted octanol–water partition coefficient (Wildman–Crippen LogP) is 12.8. The van der Waals surface area contributed by atoms with E-state index in [9.17, 15) is 0 Å². The van der Waals surface area contributed by atoms with Crippen molar-refractivity contribution in [2.75, 3.05) is 0 Å². The van der Waals surface area contributed by atoms with Crippen LogP contribution in [0.1, 0.15) is 43.4 Å². The lowest BCUT2D eigenvalue weighted by Gasteiger charge is -2.25. The minimum atomic E-state index is 0.613. The van der Waals surface area contributed by atoms with Gasteiger partial charge in [-0.1, -0.05) is 147 Å². The number of nitrogens with two attached hydrogens (primary N) is 1. The molecule has 0 spiro atoms. The maximum Gasteiger partial charge on any atom is 0.0381 e. The normalized spacial score (nSPS) is 13.7. The van der Waals surface area contributed by atoms with E-state index in [1.54, 1.807) is 12.2 Å². The minimum Gasteiger partial charge on any atom is -0.398 e. The zero-order valence-corrected chi connectivity index (χ0v) is 27.9. The molecular formula is C47H41N. The van der Waals surface area contributed by atoms with Gasteiger partial charge in [0.1, 0.15) is 0 Å². The standard InChI is InChI=1S/C47H41N/c1-5-15-45(48)32(4)29-36(28-31(3)6-2)37-26-27-44(39-19-10-9-18-38(37)39)47-42-22-13-11-20-40(42)46(41-21-12-14-23-43(41)47)35-25-24-33-16-7-8-17-34(33)30-35/h5,7-11,13-20,22-30H,1,4,6,12,21,48H2,2-3H3/b31-28+,36-29+,45-15-. The Hall–Kier alpha value is -5.66. The summed E-state index contributed by atoms with van der Waals surface area (Å²) in [7, 11) is 0. The van der Waals surface area contributed by atoms with E-state index in [1.807, 2.05) is 0 Å². The molecule has 0 amide bonds. The van der Waals surface area contributed by atoms with Crippen molar-refractivity contribution in [1.82, 2.24) is 0 Å². The SMILES string of the molecule is C=C/C=C(\N)C(=C)/C=C(\C=C(/C)CC)c1ccc(-c2c3c(c(-c4ccc5ccccc5c4)c4ccccc24)CCC=C3)c2ccccc12. The predicted molar refractivity (Wildman–Crippen MR) is 211 cm³/mol. The smallest absolute Gasteiger partial charge is 0.0381 e. The van der Waals surface area contributed by atoms with E-state index in [0.717, 1.165) is 36.0 Å². The second-order valence-electron chi connectivity index (χ2n) is 12.7. The van der Waals surface area contributed by atoms with Crippen LogP contribution in [0.5, 0.6) is 0 Å². The Morgan fingerprint density at radius 1 is 0.771 bits per heavy atom. The van der Waals surface area contributed by atoms with E-state index >= 15 is 0 Å². The molecule has 0 saturated carbocycles. The molecule has 0 aromatic heterocycles. The molecule has 0 fully saturated rings. The quantitative estimate of drug-likeness (QED) is 0.169. The highest BCUT2D eigenvalue weighted by Gasteiger charge is 2.23. The van der Waals surface area contributed by atoms with Crippen molar-refractivity contribution in [2.24, 2.45) is 5.73 Å². The van der Waals surface area contributed by atoms with Crippen LogP contribution in [0.2, 0.25) is 0 Å². The molecule has 1 nitrogen and oxygen atoms in total. The molecule has 6 aromatic rings. The molecule has 1 aliphatic rings. The van der Waals surface area contributed by atoms with Gasteiger partial charge in [0.2, 0.25) is 0 Å². The van der Waals surface area contributed by atoms with Crippen LogP contribution in [0.3, 0.4) is 0 Å². The first-order chi connectivity index (χ1) is 23.5. The molecule has 1 heteroatoms. The summed E-state index contributed by atoms with van der Waals surface area (Å²) in [5, 5.41) is 7.54. The molecule has 0 saturated heterocycles. The number of rotatable bonds is 8. The summed E-state index contributed by atoms with van der Waals surface area (Å²) in [6.07, 6.45) is 15.6. The second-order valence-corrected chi connectivity index (χ2v) is 12.7. The van der Waals surface area contributed by atoms with Crippen LogP contribution in [0.25, 0.3) is 66.2 Å². The molecule has 0 radical (unpaired) electrons. The molecule has 0 bridgehead atoms. The van der Waals surface area contributed by atoms with Crippen molar-refractivity contribution in [2.45, 2.75) is 33.1 Å². The van der Waals surface area contributed by atoms with Gasteiger partial charge in [0.15, 0.2) is 0 Å². The third kappa shape index (κ3) is 5.63. The molecule has 2 N–H and O–H groups in total. The van der Waals surface area contributed by atoms with E-state index in [1.165, 1.54) is 71.3 Å². The van der Waals surface area contributed by atoms with Gasteiger partial charge in [-0.15, -0.1) is 0 Å². The third-order valence-electron chi connectivity index (χ3n) is 9.71. The van der Waals surface area contributed by atoms with Gasteiger partial charge < -0.3 is 5.73 Å². The fourth-order valence-electron chi connectivity index (χ4n) is 7.19. The van der Waals surface area contributed by atoms with E-state index in [2.05, 4.69) is 154 Å². The lowest BCUT2D eigenvalue weighted by atomic mass is 9.79. The number of allylic oxidation sites excluding steroid dienone is 7. The van der Waals surface area contributed by atoms with Gasteiger partial charge in [-0.25, -0.2) is 0 Å². The van der Waals surface area contributed by atoms with Crippen molar-refractivity contribution < 1.29 is 0 Å². The minimum absolute atomic E-state index is 0.613. The Labute approximate surface area is 284 Å². The van der Waals surface area contributed by atoms with Crippen molar-refractivity contribution >= 4 is 44.0 Å². The van der Waals surface area contributed by atoms with E-state index in [0.29, 0.717) is 5.70 Å². The number of benzene rings is 6. The number of fused-ring (bicyclic) bond motifs is 4. The van der Waals surface area contributed by atoms with Crippen molar-refractivity contribution in [3.05, 3.63) is 180 Å². The fourth-order valence-corrected chi connectivity index (χ4v) is 7.19. The molecule has 0 heterocycles. The van der Waals surface area contributed by atoms with Crippen molar-refractivity contribution in [3.8, 4) is 22.3 Å². The second kappa shape index (κ2) is 13.2. The molecule has 7 rings (SSSR count). The van der Waals surface area contributed by atoms with Crippen LogP contribution >= 0.6 is 0 Å². The van der Waals surface area contributed by atoms with Crippen LogP contribution in [0.4, 0.5) is 0 Å². The van der Waals surface area contributed by atoms with E-state index < -0.39 is 0 Å². The molecule has 0 atom stereocenters. The number of hydrogen-bond donors (Lipinski definition) is 1. The molecule has 234 valence electrons. The summed E-state index contributed by atoms with van der Waals surface area (Å²) in [5.41, 5.74) is 19.2. The maximum absolute atomic E-state index is 6.35. The van der Waals surface area contributed by atoms with E-state index in [4.69, 9.17) is 5.73 Å².